The first-order valence-corrected chi connectivity index (χ1v) is 17.8. The molecule has 4 aromatic carbocycles. The predicted molar refractivity (Wildman–Crippen MR) is 188 cm³/mol. The molecule has 1 atom stereocenters. The molecule has 0 fully saturated rings. The molecule has 4 rings (SSSR count). The molecule has 9 heteroatoms. The zero-order valence-electron chi connectivity index (χ0n) is 26.9. The van der Waals surface area contributed by atoms with Crippen LogP contribution in [-0.2, 0) is 32.6 Å². The number of hydrogen-bond donors (Lipinski definition) is 1. The van der Waals surface area contributed by atoms with E-state index in [9.17, 15) is 18.0 Å². The number of sulfonamides is 1. The average molecular weight is 705 g/mol. The number of nitrogens with one attached hydrogen (secondary N) is 1. The number of benzene rings is 4. The van der Waals surface area contributed by atoms with Gasteiger partial charge in [-0.25, -0.2) is 8.42 Å². The Bertz CT molecular complexity index is 1730. The molecule has 0 bridgehead atoms. The van der Waals surface area contributed by atoms with Crippen molar-refractivity contribution in [1.29, 1.82) is 0 Å². The Hall–Kier alpha value is -3.95. The Morgan fingerprint density at radius 2 is 1.50 bits per heavy atom. The minimum atomic E-state index is -4.16. The van der Waals surface area contributed by atoms with Crippen LogP contribution in [0.5, 0.6) is 0 Å². The number of hydrogen-bond acceptors (Lipinski definition) is 4. The van der Waals surface area contributed by atoms with E-state index in [4.69, 9.17) is 0 Å². The highest BCUT2D eigenvalue weighted by atomic mass is 79.9. The highest BCUT2D eigenvalue weighted by molar-refractivity contribution is 9.10. The average Bonchev–Trinajstić information content (AvgIpc) is 3.04. The topological polar surface area (TPSA) is 86.8 Å². The van der Waals surface area contributed by atoms with Gasteiger partial charge in [0, 0.05) is 24.0 Å². The van der Waals surface area contributed by atoms with Gasteiger partial charge in [-0.05, 0) is 79.8 Å². The maximum Gasteiger partial charge on any atom is 0.264 e. The molecule has 0 aromatic heterocycles. The van der Waals surface area contributed by atoms with Crippen LogP contribution in [0.3, 0.4) is 0 Å². The standard InChI is InChI=1S/C37H42BrN3O4S/c1-5-6-23-39-37(43)35(24-30-12-8-7-9-13-30)40(25-31-17-19-32(38)20-18-31)36(42)26-41(34-14-10-11-28(3)29(34)4)46(44,45)33-21-15-27(2)16-22-33/h7-22,35H,5-6,23-26H2,1-4H3,(H,39,43). The van der Waals surface area contributed by atoms with Gasteiger partial charge in [0.25, 0.3) is 10.0 Å². The second kappa shape index (κ2) is 16.1. The zero-order chi connectivity index (χ0) is 33.3. The highest BCUT2D eigenvalue weighted by Crippen LogP contribution is 2.29. The van der Waals surface area contributed by atoms with Crippen molar-refractivity contribution < 1.29 is 18.0 Å². The number of rotatable bonds is 14. The third kappa shape index (κ3) is 8.85. The Kier molecular flexibility index (Phi) is 12.2. The van der Waals surface area contributed by atoms with Gasteiger partial charge in [0.1, 0.15) is 12.6 Å². The number of anilines is 1. The summed E-state index contributed by atoms with van der Waals surface area (Å²) in [6.45, 7) is 7.82. The first-order valence-electron chi connectivity index (χ1n) is 15.5. The molecule has 0 heterocycles. The first-order chi connectivity index (χ1) is 22.0. The molecule has 1 unspecified atom stereocenters. The molecule has 46 heavy (non-hydrogen) atoms. The van der Waals surface area contributed by atoms with Crippen LogP contribution in [0.2, 0.25) is 0 Å². The molecule has 4 aromatic rings. The van der Waals surface area contributed by atoms with Gasteiger partial charge >= 0.3 is 0 Å². The van der Waals surface area contributed by atoms with Gasteiger partial charge in [-0.2, -0.15) is 0 Å². The van der Waals surface area contributed by atoms with E-state index < -0.39 is 28.5 Å². The Morgan fingerprint density at radius 3 is 2.15 bits per heavy atom. The van der Waals surface area contributed by atoms with E-state index in [1.807, 2.05) is 88.4 Å². The van der Waals surface area contributed by atoms with E-state index in [1.165, 1.54) is 9.21 Å². The van der Waals surface area contributed by atoms with Crippen molar-refractivity contribution in [2.24, 2.45) is 0 Å². The molecule has 2 amide bonds. The number of carbonyl (C=O) groups excluding carboxylic acids is 2. The van der Waals surface area contributed by atoms with Crippen LogP contribution in [0.25, 0.3) is 0 Å². The van der Waals surface area contributed by atoms with Gasteiger partial charge in [-0.1, -0.05) is 102 Å². The monoisotopic (exact) mass is 703 g/mol. The smallest absolute Gasteiger partial charge is 0.264 e. The van der Waals surface area contributed by atoms with Crippen molar-refractivity contribution in [3.63, 3.8) is 0 Å². The summed E-state index contributed by atoms with van der Waals surface area (Å²) in [6, 6.07) is 28.3. The van der Waals surface area contributed by atoms with Crippen molar-refractivity contribution in [2.75, 3.05) is 17.4 Å². The second-order valence-electron chi connectivity index (χ2n) is 11.5. The maximum atomic E-state index is 14.6. The third-order valence-corrected chi connectivity index (χ3v) is 10.4. The lowest BCUT2D eigenvalue weighted by Crippen LogP contribution is -2.53. The Balaban J connectivity index is 1.81. The number of amides is 2. The third-order valence-electron chi connectivity index (χ3n) is 8.10. The zero-order valence-corrected chi connectivity index (χ0v) is 29.3. The molecule has 1 N–H and O–H groups in total. The molecule has 0 saturated carbocycles. The largest absolute Gasteiger partial charge is 0.354 e. The number of halogens is 1. The highest BCUT2D eigenvalue weighted by Gasteiger charge is 2.35. The normalized spacial score (nSPS) is 11.9. The van der Waals surface area contributed by atoms with Gasteiger partial charge in [0.15, 0.2) is 0 Å². The molecular formula is C37H42BrN3O4S. The molecule has 7 nitrogen and oxygen atoms in total. The van der Waals surface area contributed by atoms with Crippen LogP contribution in [0, 0.1) is 20.8 Å². The summed E-state index contributed by atoms with van der Waals surface area (Å²) >= 11 is 3.47. The lowest BCUT2D eigenvalue weighted by molar-refractivity contribution is -0.140. The van der Waals surface area contributed by atoms with Crippen LogP contribution in [-0.4, -0.2) is 44.3 Å². The SMILES string of the molecule is CCCCNC(=O)C(Cc1ccccc1)N(Cc1ccc(Br)cc1)C(=O)CN(c1cccc(C)c1C)S(=O)(=O)c1ccc(C)cc1. The minimum Gasteiger partial charge on any atom is -0.354 e. The molecule has 0 aliphatic heterocycles. The van der Waals surface area contributed by atoms with Crippen LogP contribution in [0.15, 0.2) is 106 Å². The fraction of sp³-hybridized carbons (Fsp3) is 0.297. The van der Waals surface area contributed by atoms with Gasteiger partial charge < -0.3 is 10.2 Å². The molecule has 0 spiro atoms. The van der Waals surface area contributed by atoms with Gasteiger partial charge in [0.2, 0.25) is 11.8 Å². The van der Waals surface area contributed by atoms with Crippen LogP contribution < -0.4 is 9.62 Å². The van der Waals surface area contributed by atoms with Crippen LogP contribution >= 0.6 is 15.9 Å². The summed E-state index contributed by atoms with van der Waals surface area (Å²) < 4.78 is 30.7. The predicted octanol–water partition coefficient (Wildman–Crippen LogP) is 7.13. The van der Waals surface area contributed by atoms with Crippen molar-refractivity contribution in [2.45, 2.75) is 64.4 Å². The Labute approximate surface area is 281 Å². The fourth-order valence-corrected chi connectivity index (χ4v) is 6.94. The van der Waals surface area contributed by atoms with Crippen molar-refractivity contribution >= 4 is 43.5 Å². The molecule has 0 aliphatic rings. The van der Waals surface area contributed by atoms with Gasteiger partial charge in [-0.3, -0.25) is 13.9 Å². The molecule has 0 radical (unpaired) electrons. The lowest BCUT2D eigenvalue weighted by atomic mass is 10.0. The van der Waals surface area contributed by atoms with Crippen molar-refractivity contribution in [3.05, 3.63) is 129 Å². The van der Waals surface area contributed by atoms with Crippen LogP contribution in [0.4, 0.5) is 5.69 Å². The van der Waals surface area contributed by atoms with E-state index in [2.05, 4.69) is 21.2 Å². The molecule has 0 aliphatic carbocycles. The molecular weight excluding hydrogens is 662 g/mol. The maximum absolute atomic E-state index is 14.6. The summed E-state index contributed by atoms with van der Waals surface area (Å²) in [4.78, 5) is 30.1. The molecule has 242 valence electrons. The van der Waals surface area contributed by atoms with Crippen molar-refractivity contribution in [1.82, 2.24) is 10.2 Å². The van der Waals surface area contributed by atoms with E-state index in [-0.39, 0.29) is 23.8 Å². The summed E-state index contributed by atoms with van der Waals surface area (Å²) in [5.41, 5.74) is 4.71. The van der Waals surface area contributed by atoms with E-state index in [0.29, 0.717) is 12.2 Å². The number of unbranched alkanes of at least 4 members (excludes halogenated alkanes) is 1. The summed E-state index contributed by atoms with van der Waals surface area (Å²) in [7, 11) is -4.16. The quantitative estimate of drug-likeness (QED) is 0.142. The van der Waals surface area contributed by atoms with E-state index in [1.54, 1.807) is 36.4 Å². The minimum absolute atomic E-state index is 0.0874. The summed E-state index contributed by atoms with van der Waals surface area (Å²) in [5, 5.41) is 3.02. The molecule has 0 saturated heterocycles. The van der Waals surface area contributed by atoms with Gasteiger partial charge in [0.05, 0.1) is 10.6 Å². The van der Waals surface area contributed by atoms with Gasteiger partial charge in [-0.15, -0.1) is 0 Å². The fourth-order valence-electron chi connectivity index (χ4n) is 5.20. The lowest BCUT2D eigenvalue weighted by Gasteiger charge is -2.34. The number of aryl methyl sites for hydroxylation is 2. The van der Waals surface area contributed by atoms with Crippen molar-refractivity contribution in [3.8, 4) is 0 Å². The van der Waals surface area contributed by atoms with E-state index >= 15 is 0 Å². The van der Waals surface area contributed by atoms with Crippen LogP contribution in [0.1, 0.15) is 47.6 Å². The summed E-state index contributed by atoms with van der Waals surface area (Å²) in [5.74, 6) is -0.756. The first kappa shape index (κ1) is 34.9. The number of carbonyl (C=O) groups is 2. The summed E-state index contributed by atoms with van der Waals surface area (Å²) in [6.07, 6.45) is 1.99. The van der Waals surface area contributed by atoms with E-state index in [0.717, 1.165) is 45.1 Å². The Morgan fingerprint density at radius 1 is 0.826 bits per heavy atom. The second-order valence-corrected chi connectivity index (χ2v) is 14.3. The number of nitrogens with zero attached hydrogens (tertiary/aromatic N) is 2.